The molecule has 2 rings (SSSR count). The van der Waals surface area contributed by atoms with Gasteiger partial charge in [-0.25, -0.2) is 0 Å². The fraction of sp³-hybridized carbons (Fsp3) is 0.273. The molecule has 0 bridgehead atoms. The molecule has 33 heavy (non-hydrogen) atoms. The Bertz CT molecular complexity index is 1020. The smallest absolute Gasteiger partial charge is 0.415 e. The van der Waals surface area contributed by atoms with Crippen molar-refractivity contribution in [1.82, 2.24) is 10.6 Å². The van der Waals surface area contributed by atoms with E-state index in [2.05, 4.69) is 11.9 Å². The first-order valence-corrected chi connectivity index (χ1v) is 9.57. The SMILES string of the molecule is C=C(/C=C(\CC)NC(=O)c1ccc(C(=O)NC2(C(F)(F)F)C=C([NH-])C=CC2)cc1)C(F)(F)F. The van der Waals surface area contributed by atoms with Gasteiger partial charge in [-0.05, 0) is 36.8 Å². The first-order valence-electron chi connectivity index (χ1n) is 9.57. The van der Waals surface area contributed by atoms with E-state index >= 15 is 0 Å². The van der Waals surface area contributed by atoms with Crippen LogP contribution in [0.3, 0.4) is 0 Å². The van der Waals surface area contributed by atoms with Gasteiger partial charge in [0, 0.05) is 23.2 Å². The first-order chi connectivity index (χ1) is 15.2. The van der Waals surface area contributed by atoms with E-state index < -0.39 is 47.4 Å². The molecule has 1 aromatic rings. The van der Waals surface area contributed by atoms with Crippen LogP contribution in [0.2, 0.25) is 0 Å². The fourth-order valence-corrected chi connectivity index (χ4v) is 2.88. The number of carbonyl (C=O) groups is 2. The molecule has 0 radical (unpaired) electrons. The summed E-state index contributed by atoms with van der Waals surface area (Å²) < 4.78 is 78.8. The Hall–Kier alpha value is -3.50. The van der Waals surface area contributed by atoms with Crippen molar-refractivity contribution in [2.75, 3.05) is 0 Å². The van der Waals surface area contributed by atoms with Crippen molar-refractivity contribution < 1.29 is 35.9 Å². The summed E-state index contributed by atoms with van der Waals surface area (Å²) in [4.78, 5) is 24.8. The molecule has 0 heterocycles. The van der Waals surface area contributed by atoms with E-state index in [-0.39, 0.29) is 23.2 Å². The minimum absolute atomic E-state index is 0.0250. The summed E-state index contributed by atoms with van der Waals surface area (Å²) >= 11 is 0. The third-order valence-electron chi connectivity index (χ3n) is 4.76. The van der Waals surface area contributed by atoms with Crippen LogP contribution in [0.15, 0.2) is 72.1 Å². The van der Waals surface area contributed by atoms with Crippen molar-refractivity contribution in [2.24, 2.45) is 0 Å². The van der Waals surface area contributed by atoms with Crippen LogP contribution in [-0.4, -0.2) is 29.7 Å². The van der Waals surface area contributed by atoms with Gasteiger partial charge in [0.25, 0.3) is 11.8 Å². The summed E-state index contributed by atoms with van der Waals surface area (Å²) in [6.07, 6.45) is -6.40. The third-order valence-corrected chi connectivity index (χ3v) is 4.76. The van der Waals surface area contributed by atoms with Gasteiger partial charge < -0.3 is 16.4 Å². The number of nitrogens with one attached hydrogen (secondary N) is 3. The lowest BCUT2D eigenvalue weighted by atomic mass is 9.88. The monoisotopic (exact) mass is 472 g/mol. The highest BCUT2D eigenvalue weighted by molar-refractivity contribution is 5.98. The van der Waals surface area contributed by atoms with Crippen LogP contribution in [0.5, 0.6) is 0 Å². The van der Waals surface area contributed by atoms with Gasteiger partial charge in [0.2, 0.25) is 0 Å². The van der Waals surface area contributed by atoms with E-state index in [4.69, 9.17) is 5.73 Å². The zero-order valence-electron chi connectivity index (χ0n) is 17.3. The lowest BCUT2D eigenvalue weighted by molar-refractivity contribution is -0.178. The maximum absolute atomic E-state index is 13.6. The van der Waals surface area contributed by atoms with Gasteiger partial charge in [0.1, 0.15) is 0 Å². The van der Waals surface area contributed by atoms with Crippen molar-refractivity contribution in [3.05, 3.63) is 89.0 Å². The van der Waals surface area contributed by atoms with Gasteiger partial charge in [-0.3, -0.25) is 9.59 Å². The number of hydrogen-bond donors (Lipinski definition) is 2. The van der Waals surface area contributed by atoms with Crippen LogP contribution in [0.4, 0.5) is 26.3 Å². The summed E-state index contributed by atoms with van der Waals surface area (Å²) in [5.41, 5.74) is 2.95. The molecule has 2 amide bonds. The van der Waals surface area contributed by atoms with E-state index in [0.29, 0.717) is 12.2 Å². The molecule has 1 aromatic carbocycles. The highest BCUT2D eigenvalue weighted by Crippen LogP contribution is 2.38. The number of halogens is 6. The van der Waals surface area contributed by atoms with E-state index in [9.17, 15) is 35.9 Å². The number of alkyl halides is 6. The lowest BCUT2D eigenvalue weighted by Crippen LogP contribution is -2.57. The number of amides is 2. The van der Waals surface area contributed by atoms with Crippen LogP contribution in [0.1, 0.15) is 40.5 Å². The largest absolute Gasteiger partial charge is 0.699 e. The molecule has 178 valence electrons. The molecule has 1 aliphatic carbocycles. The predicted octanol–water partition coefficient (Wildman–Crippen LogP) is 5.76. The van der Waals surface area contributed by atoms with E-state index in [1.807, 2.05) is 5.32 Å². The highest BCUT2D eigenvalue weighted by atomic mass is 19.4. The Balaban J connectivity index is 2.16. The van der Waals surface area contributed by atoms with Crippen molar-refractivity contribution in [2.45, 2.75) is 37.7 Å². The predicted molar refractivity (Wildman–Crippen MR) is 110 cm³/mol. The number of rotatable bonds is 6. The molecular weight excluding hydrogens is 452 g/mol. The van der Waals surface area contributed by atoms with Crippen molar-refractivity contribution in [3.63, 3.8) is 0 Å². The summed E-state index contributed by atoms with van der Waals surface area (Å²) in [7, 11) is 0. The molecule has 0 aromatic heterocycles. The van der Waals surface area contributed by atoms with Crippen LogP contribution in [0, 0.1) is 0 Å². The molecule has 1 unspecified atom stereocenters. The lowest BCUT2D eigenvalue weighted by Gasteiger charge is -2.36. The molecular formula is C22H20F6N3O2-. The normalized spacial score (nSPS) is 19.0. The second-order valence-corrected chi connectivity index (χ2v) is 7.21. The maximum atomic E-state index is 13.6. The average Bonchev–Trinajstić information content (AvgIpc) is 2.71. The fourth-order valence-electron chi connectivity index (χ4n) is 2.88. The zero-order chi connectivity index (χ0) is 25.0. The second-order valence-electron chi connectivity index (χ2n) is 7.21. The van der Waals surface area contributed by atoms with E-state index in [0.717, 1.165) is 30.3 Å². The summed E-state index contributed by atoms with van der Waals surface area (Å²) in [5.74, 6) is -1.84. The Morgan fingerprint density at radius 2 is 1.64 bits per heavy atom. The van der Waals surface area contributed by atoms with Crippen LogP contribution in [-0.2, 0) is 0 Å². The molecule has 0 aliphatic heterocycles. The number of hydrogen-bond acceptors (Lipinski definition) is 2. The van der Waals surface area contributed by atoms with Gasteiger partial charge in [0.15, 0.2) is 5.54 Å². The summed E-state index contributed by atoms with van der Waals surface area (Å²) in [5, 5.41) is 4.21. The summed E-state index contributed by atoms with van der Waals surface area (Å²) in [6.45, 7) is 4.43. The Morgan fingerprint density at radius 3 is 2.09 bits per heavy atom. The molecule has 0 fully saturated rings. The first kappa shape index (κ1) is 25.8. The zero-order valence-corrected chi connectivity index (χ0v) is 17.3. The van der Waals surface area contributed by atoms with Gasteiger partial charge in [-0.1, -0.05) is 31.7 Å². The standard InChI is InChI=1S/C22H20F6N3O2/c1-3-17(11-13(2)21(23,24)25)30-18(32)14-6-8-15(9-7-14)19(33)31-20(22(26,27)28)10-4-5-16(29)12-20/h4-9,11-12,29H,2-3,10H2,1H3,(H,30,32)(H,31,33)/q-1/b17-11+. The molecule has 0 saturated heterocycles. The number of benzene rings is 1. The van der Waals surface area contributed by atoms with Gasteiger partial charge in [-0.15, -0.1) is 5.70 Å². The number of carbonyl (C=O) groups excluding carboxylic acids is 2. The minimum atomic E-state index is -4.86. The average molecular weight is 472 g/mol. The van der Waals surface area contributed by atoms with E-state index in [1.165, 1.54) is 13.0 Å². The van der Waals surface area contributed by atoms with Crippen LogP contribution >= 0.6 is 0 Å². The minimum Gasteiger partial charge on any atom is -0.699 e. The molecule has 3 N–H and O–H groups in total. The third kappa shape index (κ3) is 6.27. The van der Waals surface area contributed by atoms with Gasteiger partial charge in [-0.2, -0.15) is 26.3 Å². The molecule has 1 atom stereocenters. The number of allylic oxidation sites excluding steroid dienone is 4. The van der Waals surface area contributed by atoms with Crippen molar-refractivity contribution in [3.8, 4) is 0 Å². The van der Waals surface area contributed by atoms with E-state index in [1.54, 1.807) is 0 Å². The second kappa shape index (κ2) is 9.55. The van der Waals surface area contributed by atoms with Gasteiger partial charge in [0.05, 0.1) is 5.57 Å². The van der Waals surface area contributed by atoms with Crippen molar-refractivity contribution >= 4 is 11.8 Å². The maximum Gasteiger partial charge on any atom is 0.415 e. The van der Waals surface area contributed by atoms with Crippen LogP contribution in [0.25, 0.3) is 5.73 Å². The highest BCUT2D eigenvalue weighted by Gasteiger charge is 2.53. The molecule has 0 saturated carbocycles. The quantitative estimate of drug-likeness (QED) is 0.408. The van der Waals surface area contributed by atoms with Crippen molar-refractivity contribution in [1.29, 1.82) is 0 Å². The Kier molecular flexibility index (Phi) is 7.46. The molecule has 11 heteroatoms. The Labute approximate surface area is 185 Å². The molecule has 1 aliphatic rings. The summed E-state index contributed by atoms with van der Waals surface area (Å²) in [6, 6.07) is 4.54. The van der Waals surface area contributed by atoms with Gasteiger partial charge >= 0.3 is 12.4 Å². The topological polar surface area (TPSA) is 82.0 Å². The van der Waals surface area contributed by atoms with Crippen LogP contribution < -0.4 is 10.6 Å². The molecule has 5 nitrogen and oxygen atoms in total. The molecule has 0 spiro atoms. The Morgan fingerprint density at radius 1 is 1.09 bits per heavy atom.